The maximum atomic E-state index is 11.6. The van der Waals surface area contributed by atoms with Gasteiger partial charge in [0.2, 0.25) is 0 Å². The van der Waals surface area contributed by atoms with Gasteiger partial charge in [-0.15, -0.1) is 0 Å². The van der Waals surface area contributed by atoms with Crippen molar-refractivity contribution in [2.24, 2.45) is 5.92 Å². The molecular formula is C14H20BrNO3. The molecule has 0 aliphatic heterocycles. The van der Waals surface area contributed by atoms with Crippen molar-refractivity contribution in [3.8, 4) is 0 Å². The van der Waals surface area contributed by atoms with Crippen LogP contribution in [0.25, 0.3) is 0 Å². The summed E-state index contributed by atoms with van der Waals surface area (Å²) in [5, 5.41) is 13.1. The number of hydrogen-bond donors (Lipinski definition) is 2. The van der Waals surface area contributed by atoms with Gasteiger partial charge in [0.25, 0.3) is 0 Å². The Morgan fingerprint density at radius 1 is 1.47 bits per heavy atom. The number of aliphatic hydroxyl groups is 1. The number of nitrogens with one attached hydrogen (secondary N) is 1. The van der Waals surface area contributed by atoms with Crippen molar-refractivity contribution in [3.05, 3.63) is 34.3 Å². The largest absolute Gasteiger partial charge is 0.468 e. The van der Waals surface area contributed by atoms with Crippen molar-refractivity contribution in [3.63, 3.8) is 0 Å². The van der Waals surface area contributed by atoms with Gasteiger partial charge in [0, 0.05) is 11.0 Å². The second-order valence-corrected chi connectivity index (χ2v) is 5.64. The van der Waals surface area contributed by atoms with Gasteiger partial charge >= 0.3 is 5.97 Å². The molecule has 0 fully saturated rings. The topological polar surface area (TPSA) is 58.6 Å². The normalized spacial score (nSPS) is 14.2. The number of benzene rings is 1. The number of hydrogen-bond acceptors (Lipinski definition) is 4. The van der Waals surface area contributed by atoms with Crippen molar-refractivity contribution in [2.75, 3.05) is 13.7 Å². The van der Waals surface area contributed by atoms with E-state index in [1.807, 2.05) is 38.1 Å². The van der Waals surface area contributed by atoms with Crippen LogP contribution < -0.4 is 5.32 Å². The van der Waals surface area contributed by atoms with Crippen molar-refractivity contribution < 1.29 is 14.6 Å². The molecule has 0 aromatic heterocycles. The third-order valence-corrected chi connectivity index (χ3v) is 3.38. The van der Waals surface area contributed by atoms with E-state index in [-0.39, 0.29) is 11.9 Å². The van der Waals surface area contributed by atoms with E-state index in [1.165, 1.54) is 7.11 Å². The van der Waals surface area contributed by atoms with E-state index in [2.05, 4.69) is 21.2 Å². The lowest BCUT2D eigenvalue weighted by molar-refractivity contribution is -0.144. The Morgan fingerprint density at radius 2 is 2.16 bits per heavy atom. The Bertz CT molecular complexity index is 423. The van der Waals surface area contributed by atoms with Crippen LogP contribution in [0.1, 0.15) is 25.5 Å². The van der Waals surface area contributed by atoms with Gasteiger partial charge in [0.15, 0.2) is 0 Å². The molecule has 4 nitrogen and oxygen atoms in total. The third-order valence-electron chi connectivity index (χ3n) is 2.89. The Hall–Kier alpha value is -0.910. The molecule has 0 amide bonds. The predicted molar refractivity (Wildman–Crippen MR) is 77.7 cm³/mol. The van der Waals surface area contributed by atoms with Crippen LogP contribution >= 0.6 is 15.9 Å². The average molecular weight is 330 g/mol. The zero-order valence-electron chi connectivity index (χ0n) is 11.4. The fourth-order valence-electron chi connectivity index (χ4n) is 1.79. The van der Waals surface area contributed by atoms with Crippen molar-refractivity contribution >= 4 is 21.9 Å². The number of halogens is 1. The number of carbonyl (C=O) groups is 1. The standard InChI is InChI=1S/C14H20BrNO3/c1-9(2)13(14(18)19-3)16-8-12(17)10-5-4-6-11(15)7-10/h4-7,9,12-13,16-17H,8H2,1-3H3. The molecule has 2 N–H and O–H groups in total. The van der Waals surface area contributed by atoms with Gasteiger partial charge in [0.1, 0.15) is 6.04 Å². The molecule has 0 spiro atoms. The Labute approximate surface area is 122 Å². The minimum absolute atomic E-state index is 0.0992. The first-order chi connectivity index (χ1) is 8.95. The molecule has 2 atom stereocenters. The summed E-state index contributed by atoms with van der Waals surface area (Å²) in [5.41, 5.74) is 0.800. The monoisotopic (exact) mass is 329 g/mol. The molecule has 0 saturated carbocycles. The molecule has 0 heterocycles. The minimum Gasteiger partial charge on any atom is -0.468 e. The summed E-state index contributed by atoms with van der Waals surface area (Å²) in [6.07, 6.45) is -0.664. The Kier molecular flexibility index (Phi) is 6.48. The lowest BCUT2D eigenvalue weighted by atomic mass is 10.0. The molecule has 1 aromatic carbocycles. The van der Waals surface area contributed by atoms with Crippen molar-refractivity contribution in [1.82, 2.24) is 5.32 Å². The van der Waals surface area contributed by atoms with Crippen LogP contribution in [-0.4, -0.2) is 30.8 Å². The van der Waals surface area contributed by atoms with E-state index >= 15 is 0 Å². The highest BCUT2D eigenvalue weighted by molar-refractivity contribution is 9.10. The highest BCUT2D eigenvalue weighted by Crippen LogP contribution is 2.18. The second-order valence-electron chi connectivity index (χ2n) is 4.72. The summed E-state index contributed by atoms with van der Waals surface area (Å²) in [4.78, 5) is 11.6. The Morgan fingerprint density at radius 3 is 2.68 bits per heavy atom. The van der Waals surface area contributed by atoms with E-state index in [9.17, 15) is 9.90 Å². The number of ether oxygens (including phenoxy) is 1. The fraction of sp³-hybridized carbons (Fsp3) is 0.500. The van der Waals surface area contributed by atoms with Gasteiger partial charge in [-0.1, -0.05) is 41.9 Å². The van der Waals surface area contributed by atoms with Crippen LogP contribution in [0.15, 0.2) is 28.7 Å². The van der Waals surface area contributed by atoms with Crippen LogP contribution in [0.4, 0.5) is 0 Å². The molecule has 5 heteroatoms. The van der Waals surface area contributed by atoms with Gasteiger partial charge in [-0.2, -0.15) is 0 Å². The fourth-order valence-corrected chi connectivity index (χ4v) is 2.21. The van der Waals surface area contributed by atoms with Crippen molar-refractivity contribution in [1.29, 1.82) is 0 Å². The summed E-state index contributed by atoms with van der Waals surface area (Å²) in [5.74, 6) is -0.210. The molecule has 2 unspecified atom stereocenters. The molecular weight excluding hydrogens is 310 g/mol. The minimum atomic E-state index is -0.664. The van der Waals surface area contributed by atoms with Crippen LogP contribution in [0.3, 0.4) is 0 Å². The second kappa shape index (κ2) is 7.62. The molecule has 0 radical (unpaired) electrons. The Balaban J connectivity index is 2.61. The summed E-state index contributed by atoms with van der Waals surface area (Å²) >= 11 is 3.36. The van der Waals surface area contributed by atoms with E-state index in [0.29, 0.717) is 6.54 Å². The smallest absolute Gasteiger partial charge is 0.323 e. The summed E-state index contributed by atoms with van der Waals surface area (Å²) in [6, 6.07) is 7.05. The lowest BCUT2D eigenvalue weighted by Gasteiger charge is -2.22. The molecule has 1 rings (SSSR count). The van der Waals surface area contributed by atoms with Gasteiger partial charge in [-0.3, -0.25) is 4.79 Å². The van der Waals surface area contributed by atoms with Crippen LogP contribution in [-0.2, 0) is 9.53 Å². The van der Waals surface area contributed by atoms with Gasteiger partial charge in [-0.05, 0) is 23.6 Å². The SMILES string of the molecule is COC(=O)C(NCC(O)c1cccc(Br)c1)C(C)C. The summed E-state index contributed by atoms with van der Waals surface area (Å²) in [6.45, 7) is 4.16. The molecule has 0 saturated heterocycles. The molecule has 19 heavy (non-hydrogen) atoms. The van der Waals surface area contributed by atoms with Crippen LogP contribution in [0.2, 0.25) is 0 Å². The molecule has 0 bridgehead atoms. The highest BCUT2D eigenvalue weighted by Gasteiger charge is 2.23. The molecule has 0 aliphatic rings. The highest BCUT2D eigenvalue weighted by atomic mass is 79.9. The average Bonchev–Trinajstić information content (AvgIpc) is 2.37. The van der Waals surface area contributed by atoms with E-state index in [4.69, 9.17) is 4.74 Å². The zero-order valence-corrected chi connectivity index (χ0v) is 13.0. The number of carbonyl (C=O) groups excluding carboxylic acids is 1. The molecule has 0 aliphatic carbocycles. The van der Waals surface area contributed by atoms with Gasteiger partial charge in [0.05, 0.1) is 13.2 Å². The van der Waals surface area contributed by atoms with Crippen molar-refractivity contribution in [2.45, 2.75) is 26.0 Å². The predicted octanol–water partition coefficient (Wildman–Crippen LogP) is 2.27. The lowest BCUT2D eigenvalue weighted by Crippen LogP contribution is -2.43. The number of esters is 1. The number of aliphatic hydroxyl groups excluding tert-OH is 1. The van der Waals surface area contributed by atoms with Gasteiger partial charge < -0.3 is 15.2 Å². The van der Waals surface area contributed by atoms with Gasteiger partial charge in [-0.25, -0.2) is 0 Å². The zero-order chi connectivity index (χ0) is 14.4. The first-order valence-electron chi connectivity index (χ1n) is 6.20. The number of methoxy groups -OCH3 is 1. The van der Waals surface area contributed by atoms with E-state index in [1.54, 1.807) is 0 Å². The summed E-state index contributed by atoms with van der Waals surface area (Å²) < 4.78 is 5.65. The first kappa shape index (κ1) is 16.1. The molecule has 1 aromatic rings. The summed E-state index contributed by atoms with van der Waals surface area (Å²) in [7, 11) is 1.37. The van der Waals surface area contributed by atoms with Crippen LogP contribution in [0, 0.1) is 5.92 Å². The maximum Gasteiger partial charge on any atom is 0.323 e. The first-order valence-corrected chi connectivity index (χ1v) is 6.99. The van der Waals surface area contributed by atoms with E-state index < -0.39 is 12.1 Å². The number of rotatable bonds is 6. The molecule has 106 valence electrons. The maximum absolute atomic E-state index is 11.6. The van der Waals surface area contributed by atoms with E-state index in [0.717, 1.165) is 10.0 Å². The third kappa shape index (κ3) is 4.93. The van der Waals surface area contributed by atoms with Crippen LogP contribution in [0.5, 0.6) is 0 Å². The quantitative estimate of drug-likeness (QED) is 0.786.